The Hall–Kier alpha value is -2.08. The molecule has 0 aliphatic carbocycles. The van der Waals surface area contributed by atoms with E-state index in [1.807, 2.05) is 34.9 Å². The summed E-state index contributed by atoms with van der Waals surface area (Å²) in [5.41, 5.74) is 0.648. The highest BCUT2D eigenvalue weighted by Crippen LogP contribution is 2.17. The van der Waals surface area contributed by atoms with Crippen molar-refractivity contribution in [3.8, 4) is 5.75 Å². The number of amides is 2. The topological polar surface area (TPSA) is 53.1 Å². The fourth-order valence-electron chi connectivity index (χ4n) is 3.79. The molecule has 0 radical (unpaired) electrons. The van der Waals surface area contributed by atoms with Gasteiger partial charge in [-0.2, -0.15) is 0 Å². The van der Waals surface area contributed by atoms with Crippen LogP contribution in [0.2, 0.25) is 0 Å². The molecule has 26 heavy (non-hydrogen) atoms. The van der Waals surface area contributed by atoms with Gasteiger partial charge < -0.3 is 14.5 Å². The monoisotopic (exact) mass is 359 g/mol. The molecule has 2 fully saturated rings. The van der Waals surface area contributed by atoms with Crippen LogP contribution in [-0.2, 0) is 4.79 Å². The lowest BCUT2D eigenvalue weighted by molar-refractivity contribution is -0.137. The minimum atomic E-state index is -0.109. The van der Waals surface area contributed by atoms with E-state index >= 15 is 0 Å². The number of piperidine rings is 1. The minimum absolute atomic E-state index is 0.0264. The van der Waals surface area contributed by atoms with Gasteiger partial charge in [0.05, 0.1) is 13.2 Å². The van der Waals surface area contributed by atoms with Gasteiger partial charge in [0.1, 0.15) is 5.75 Å². The van der Waals surface area contributed by atoms with Gasteiger partial charge in [0.2, 0.25) is 5.91 Å². The summed E-state index contributed by atoms with van der Waals surface area (Å²) in [6, 6.07) is 7.16. The summed E-state index contributed by atoms with van der Waals surface area (Å²) in [7, 11) is 1.60. The van der Waals surface area contributed by atoms with Gasteiger partial charge >= 0.3 is 0 Å². The summed E-state index contributed by atoms with van der Waals surface area (Å²) in [5, 5.41) is 0. The standard InChI is InChI=1S/C20H29N3O3/c1-16(19(24)22-9-4-3-5-10-22)21-11-13-23(14-12-21)20(25)17-7-6-8-18(15-17)26-2/h6-8,15-16H,3-5,9-14H2,1-2H3. The number of hydrogen-bond donors (Lipinski definition) is 0. The van der Waals surface area contributed by atoms with Gasteiger partial charge in [0.15, 0.2) is 0 Å². The lowest BCUT2D eigenvalue weighted by Gasteiger charge is -2.39. The van der Waals surface area contributed by atoms with Crippen molar-refractivity contribution < 1.29 is 14.3 Å². The predicted octanol–water partition coefficient (Wildman–Crippen LogP) is 1.85. The van der Waals surface area contributed by atoms with Crippen LogP contribution in [0.3, 0.4) is 0 Å². The Morgan fingerprint density at radius 2 is 1.65 bits per heavy atom. The number of carbonyl (C=O) groups is 2. The van der Waals surface area contributed by atoms with E-state index in [1.165, 1.54) is 6.42 Å². The quantitative estimate of drug-likeness (QED) is 0.823. The number of piperazine rings is 1. The van der Waals surface area contributed by atoms with E-state index < -0.39 is 0 Å². The van der Waals surface area contributed by atoms with Gasteiger partial charge in [-0.15, -0.1) is 0 Å². The predicted molar refractivity (Wildman–Crippen MR) is 100 cm³/mol. The maximum atomic E-state index is 12.7. The smallest absolute Gasteiger partial charge is 0.254 e. The molecule has 3 rings (SSSR count). The highest BCUT2D eigenvalue weighted by atomic mass is 16.5. The first-order valence-corrected chi connectivity index (χ1v) is 9.56. The summed E-state index contributed by atoms with van der Waals surface area (Å²) in [5.74, 6) is 0.950. The van der Waals surface area contributed by atoms with E-state index in [0.717, 1.165) is 39.0 Å². The maximum Gasteiger partial charge on any atom is 0.254 e. The van der Waals surface area contributed by atoms with E-state index in [0.29, 0.717) is 24.4 Å². The van der Waals surface area contributed by atoms with Crippen LogP contribution in [-0.4, -0.2) is 78.9 Å². The molecule has 0 bridgehead atoms. The van der Waals surface area contributed by atoms with E-state index in [9.17, 15) is 9.59 Å². The summed E-state index contributed by atoms with van der Waals surface area (Å²) in [4.78, 5) is 31.5. The van der Waals surface area contributed by atoms with Crippen molar-refractivity contribution in [3.63, 3.8) is 0 Å². The molecule has 1 atom stereocenters. The summed E-state index contributed by atoms with van der Waals surface area (Å²) in [6.45, 7) is 6.53. The molecule has 142 valence electrons. The summed E-state index contributed by atoms with van der Waals surface area (Å²) >= 11 is 0. The Kier molecular flexibility index (Phi) is 6.14. The van der Waals surface area contributed by atoms with Crippen LogP contribution in [0.5, 0.6) is 5.75 Å². The van der Waals surface area contributed by atoms with Crippen molar-refractivity contribution in [3.05, 3.63) is 29.8 Å². The van der Waals surface area contributed by atoms with E-state index in [-0.39, 0.29) is 17.9 Å². The van der Waals surface area contributed by atoms with Gasteiger partial charge in [-0.05, 0) is 44.4 Å². The van der Waals surface area contributed by atoms with Crippen LogP contribution in [0.15, 0.2) is 24.3 Å². The molecule has 2 aliphatic heterocycles. The van der Waals surface area contributed by atoms with Gasteiger partial charge in [-0.3, -0.25) is 14.5 Å². The lowest BCUT2D eigenvalue weighted by Crippen LogP contribution is -2.56. The van der Waals surface area contributed by atoms with E-state index in [1.54, 1.807) is 13.2 Å². The third-order valence-corrected chi connectivity index (χ3v) is 5.49. The molecule has 0 aromatic heterocycles. The fraction of sp³-hybridized carbons (Fsp3) is 0.600. The average molecular weight is 359 g/mol. The fourth-order valence-corrected chi connectivity index (χ4v) is 3.79. The Balaban J connectivity index is 1.54. The number of ether oxygens (including phenoxy) is 1. The Bertz CT molecular complexity index is 635. The third kappa shape index (κ3) is 4.18. The van der Waals surface area contributed by atoms with Crippen LogP contribution in [0.25, 0.3) is 0 Å². The number of hydrogen-bond acceptors (Lipinski definition) is 4. The first-order chi connectivity index (χ1) is 12.6. The van der Waals surface area contributed by atoms with Gasteiger partial charge in [0, 0.05) is 44.8 Å². The van der Waals surface area contributed by atoms with Crippen molar-refractivity contribution in [1.29, 1.82) is 0 Å². The largest absolute Gasteiger partial charge is 0.497 e. The number of carbonyl (C=O) groups excluding carboxylic acids is 2. The van der Waals surface area contributed by atoms with E-state index in [4.69, 9.17) is 4.74 Å². The zero-order valence-corrected chi connectivity index (χ0v) is 15.8. The van der Waals surface area contributed by atoms with Gasteiger partial charge in [-0.25, -0.2) is 0 Å². The van der Waals surface area contributed by atoms with Crippen LogP contribution < -0.4 is 4.74 Å². The second-order valence-corrected chi connectivity index (χ2v) is 7.12. The number of rotatable bonds is 4. The molecule has 2 heterocycles. The Morgan fingerprint density at radius 1 is 0.962 bits per heavy atom. The molecule has 6 nitrogen and oxygen atoms in total. The molecule has 2 aliphatic rings. The summed E-state index contributed by atoms with van der Waals surface area (Å²) < 4.78 is 5.20. The van der Waals surface area contributed by atoms with Crippen molar-refractivity contribution in [2.45, 2.75) is 32.2 Å². The van der Waals surface area contributed by atoms with Gasteiger partial charge in [0.25, 0.3) is 5.91 Å². The normalized spacial score (nSPS) is 19.9. The first-order valence-electron chi connectivity index (χ1n) is 9.56. The first kappa shape index (κ1) is 18.7. The maximum absolute atomic E-state index is 12.7. The molecule has 0 saturated carbocycles. The molecular weight excluding hydrogens is 330 g/mol. The third-order valence-electron chi connectivity index (χ3n) is 5.49. The van der Waals surface area contributed by atoms with Crippen molar-refractivity contribution >= 4 is 11.8 Å². The molecule has 0 spiro atoms. The highest BCUT2D eigenvalue weighted by molar-refractivity contribution is 5.94. The lowest BCUT2D eigenvalue weighted by atomic mass is 10.1. The van der Waals surface area contributed by atoms with Gasteiger partial charge in [-0.1, -0.05) is 6.07 Å². The number of benzene rings is 1. The van der Waals surface area contributed by atoms with Crippen LogP contribution in [0.4, 0.5) is 0 Å². The molecular formula is C20H29N3O3. The zero-order valence-electron chi connectivity index (χ0n) is 15.8. The van der Waals surface area contributed by atoms with Crippen molar-refractivity contribution in [2.75, 3.05) is 46.4 Å². The average Bonchev–Trinajstić information content (AvgIpc) is 2.73. The minimum Gasteiger partial charge on any atom is -0.497 e. The molecule has 0 N–H and O–H groups in total. The van der Waals surface area contributed by atoms with Crippen LogP contribution >= 0.6 is 0 Å². The Morgan fingerprint density at radius 3 is 2.31 bits per heavy atom. The van der Waals surface area contributed by atoms with Crippen LogP contribution in [0.1, 0.15) is 36.5 Å². The second-order valence-electron chi connectivity index (χ2n) is 7.12. The number of likely N-dealkylation sites (tertiary alicyclic amines) is 1. The highest BCUT2D eigenvalue weighted by Gasteiger charge is 2.30. The second kappa shape index (κ2) is 8.54. The molecule has 2 amide bonds. The van der Waals surface area contributed by atoms with Crippen molar-refractivity contribution in [2.24, 2.45) is 0 Å². The summed E-state index contributed by atoms with van der Waals surface area (Å²) in [6.07, 6.45) is 3.45. The van der Waals surface area contributed by atoms with Crippen molar-refractivity contribution in [1.82, 2.24) is 14.7 Å². The Labute approximate surface area is 155 Å². The SMILES string of the molecule is COc1cccc(C(=O)N2CCN(C(C)C(=O)N3CCCCC3)CC2)c1. The van der Waals surface area contributed by atoms with E-state index in [2.05, 4.69) is 4.90 Å². The molecule has 1 aromatic carbocycles. The van der Waals surface area contributed by atoms with Crippen LogP contribution in [0, 0.1) is 0 Å². The number of methoxy groups -OCH3 is 1. The zero-order chi connectivity index (χ0) is 18.5. The molecule has 1 unspecified atom stereocenters. The molecule has 2 saturated heterocycles. The molecule has 6 heteroatoms. The molecule has 1 aromatic rings. The number of nitrogens with zero attached hydrogens (tertiary/aromatic N) is 3.